The van der Waals surface area contributed by atoms with Crippen LogP contribution in [0.25, 0.3) is 0 Å². The molecule has 0 unspecified atom stereocenters. The summed E-state index contributed by atoms with van der Waals surface area (Å²) in [6.45, 7) is 6.52. The van der Waals surface area contributed by atoms with Crippen LogP contribution < -0.4 is 16.6 Å². The van der Waals surface area contributed by atoms with Gasteiger partial charge in [-0.3, -0.25) is 13.9 Å². The molecule has 136 valence electrons. The first-order chi connectivity index (χ1) is 11.9. The summed E-state index contributed by atoms with van der Waals surface area (Å²) in [5, 5.41) is 12.0. The van der Waals surface area contributed by atoms with E-state index in [1.165, 1.54) is 17.7 Å². The van der Waals surface area contributed by atoms with E-state index in [0.29, 0.717) is 24.1 Å². The number of rotatable bonds is 5. The van der Waals surface area contributed by atoms with Crippen LogP contribution in [0.2, 0.25) is 0 Å². The van der Waals surface area contributed by atoms with Crippen molar-refractivity contribution in [2.24, 2.45) is 20.0 Å². The molecule has 0 amide bonds. The van der Waals surface area contributed by atoms with E-state index >= 15 is 0 Å². The summed E-state index contributed by atoms with van der Waals surface area (Å²) < 4.78 is 4.88. The normalized spacial score (nSPS) is 17.1. The van der Waals surface area contributed by atoms with Gasteiger partial charge in [0.05, 0.1) is 0 Å². The molecule has 1 aliphatic heterocycles. The molecule has 0 spiro atoms. The molecule has 3 heterocycles. The van der Waals surface area contributed by atoms with E-state index in [2.05, 4.69) is 33.9 Å². The molecule has 25 heavy (non-hydrogen) atoms. The Morgan fingerprint density at radius 2 is 2.00 bits per heavy atom. The van der Waals surface area contributed by atoms with Crippen molar-refractivity contribution in [2.75, 3.05) is 6.54 Å². The Hall–Kier alpha value is -2.22. The van der Waals surface area contributed by atoms with Gasteiger partial charge in [0, 0.05) is 57.8 Å². The molecule has 1 N–H and O–H groups in total. The lowest BCUT2D eigenvalue weighted by Crippen LogP contribution is -2.39. The third kappa shape index (κ3) is 3.44. The number of aryl methyl sites for hydroxylation is 1. The molecule has 3 rings (SSSR count). The van der Waals surface area contributed by atoms with Gasteiger partial charge in [-0.15, -0.1) is 10.2 Å². The molecule has 0 aliphatic carbocycles. The van der Waals surface area contributed by atoms with E-state index in [1.54, 1.807) is 7.05 Å². The number of aromatic nitrogens is 5. The van der Waals surface area contributed by atoms with E-state index in [4.69, 9.17) is 0 Å². The molecule has 0 aromatic carbocycles. The second-order valence-electron chi connectivity index (χ2n) is 7.15. The van der Waals surface area contributed by atoms with Crippen molar-refractivity contribution in [2.45, 2.75) is 45.7 Å². The lowest BCUT2D eigenvalue weighted by Gasteiger charge is -2.25. The van der Waals surface area contributed by atoms with Crippen molar-refractivity contribution in [3.05, 3.63) is 44.2 Å². The SMILES string of the molecule is CC(C)c1nnc2n1C[C@@H](CNCc1cc(=O)n(C)c(=O)n1C)CC2. The summed E-state index contributed by atoms with van der Waals surface area (Å²) in [6.07, 6.45) is 2.01. The van der Waals surface area contributed by atoms with Crippen LogP contribution in [0.4, 0.5) is 0 Å². The lowest BCUT2D eigenvalue weighted by molar-refractivity contribution is 0.338. The molecule has 1 aliphatic rings. The minimum Gasteiger partial charge on any atom is -0.314 e. The van der Waals surface area contributed by atoms with Crippen molar-refractivity contribution >= 4 is 0 Å². The Morgan fingerprint density at radius 3 is 2.72 bits per heavy atom. The molecule has 0 radical (unpaired) electrons. The maximum absolute atomic E-state index is 12.0. The summed E-state index contributed by atoms with van der Waals surface area (Å²) in [4.78, 5) is 23.8. The second-order valence-corrected chi connectivity index (χ2v) is 7.15. The van der Waals surface area contributed by atoms with Gasteiger partial charge < -0.3 is 9.88 Å². The molecule has 0 saturated heterocycles. The lowest BCUT2D eigenvalue weighted by atomic mass is 9.98. The van der Waals surface area contributed by atoms with Crippen LogP contribution in [0.15, 0.2) is 15.7 Å². The van der Waals surface area contributed by atoms with Crippen LogP contribution in [0.5, 0.6) is 0 Å². The predicted molar refractivity (Wildman–Crippen MR) is 94.6 cm³/mol. The molecule has 8 heteroatoms. The zero-order chi connectivity index (χ0) is 18.1. The van der Waals surface area contributed by atoms with E-state index in [0.717, 1.165) is 42.1 Å². The van der Waals surface area contributed by atoms with Gasteiger partial charge in [-0.1, -0.05) is 13.8 Å². The second kappa shape index (κ2) is 6.95. The molecule has 8 nitrogen and oxygen atoms in total. The largest absolute Gasteiger partial charge is 0.330 e. The quantitative estimate of drug-likeness (QED) is 0.833. The van der Waals surface area contributed by atoms with Crippen LogP contribution in [-0.2, 0) is 33.6 Å². The summed E-state index contributed by atoms with van der Waals surface area (Å²) in [5.74, 6) is 2.98. The number of nitrogens with zero attached hydrogens (tertiary/aromatic N) is 5. The molecule has 0 fully saturated rings. The highest BCUT2D eigenvalue weighted by Crippen LogP contribution is 2.23. The minimum atomic E-state index is -0.294. The van der Waals surface area contributed by atoms with Crippen LogP contribution in [0, 0.1) is 5.92 Å². The van der Waals surface area contributed by atoms with Gasteiger partial charge in [-0.05, 0) is 12.3 Å². The van der Waals surface area contributed by atoms with Crippen molar-refractivity contribution in [3.8, 4) is 0 Å². The maximum Gasteiger partial charge on any atom is 0.330 e. The summed E-state index contributed by atoms with van der Waals surface area (Å²) in [6, 6.07) is 1.52. The highest BCUT2D eigenvalue weighted by Gasteiger charge is 2.23. The highest BCUT2D eigenvalue weighted by atomic mass is 16.2. The van der Waals surface area contributed by atoms with E-state index in [-0.39, 0.29) is 11.2 Å². The Kier molecular flexibility index (Phi) is 4.89. The third-order valence-corrected chi connectivity index (χ3v) is 4.95. The first kappa shape index (κ1) is 17.6. The molecule has 2 aromatic rings. The zero-order valence-corrected chi connectivity index (χ0v) is 15.3. The summed E-state index contributed by atoms with van der Waals surface area (Å²) >= 11 is 0. The fraction of sp³-hybridized carbons (Fsp3) is 0.647. The Labute approximate surface area is 146 Å². The molecule has 1 atom stereocenters. The van der Waals surface area contributed by atoms with Crippen LogP contribution in [0.3, 0.4) is 0 Å². The first-order valence-electron chi connectivity index (χ1n) is 8.77. The molecule has 0 bridgehead atoms. The highest BCUT2D eigenvalue weighted by molar-refractivity contribution is 5.04. The predicted octanol–water partition coefficient (Wildman–Crippen LogP) is 0.151. The minimum absolute atomic E-state index is 0.270. The molecule has 2 aromatic heterocycles. The molecular formula is C17H26N6O2. The number of hydrogen-bond donors (Lipinski definition) is 1. The average Bonchev–Trinajstić information content (AvgIpc) is 3.01. The maximum atomic E-state index is 12.0. The standard InChI is InChI=1S/C17H26N6O2/c1-11(2)16-20-19-14-6-5-12(10-23(14)16)8-18-9-13-7-15(24)22(4)17(25)21(13)3/h7,11-12,18H,5-6,8-10H2,1-4H3/t12-/m1/s1. The fourth-order valence-electron chi connectivity index (χ4n) is 3.36. The number of nitrogens with one attached hydrogen (secondary N) is 1. The number of fused-ring (bicyclic) bond motifs is 1. The van der Waals surface area contributed by atoms with Gasteiger partial charge in [-0.25, -0.2) is 4.79 Å². The van der Waals surface area contributed by atoms with Crippen molar-refractivity contribution < 1.29 is 0 Å². The van der Waals surface area contributed by atoms with Crippen LogP contribution in [0.1, 0.15) is 43.5 Å². The van der Waals surface area contributed by atoms with Crippen LogP contribution >= 0.6 is 0 Å². The Bertz CT molecular complexity index is 876. The summed E-state index contributed by atoms with van der Waals surface area (Å²) in [5.41, 5.74) is 0.141. The first-order valence-corrected chi connectivity index (χ1v) is 8.77. The van der Waals surface area contributed by atoms with E-state index in [1.807, 2.05) is 0 Å². The van der Waals surface area contributed by atoms with E-state index in [9.17, 15) is 9.59 Å². The van der Waals surface area contributed by atoms with E-state index < -0.39 is 0 Å². The Morgan fingerprint density at radius 1 is 1.24 bits per heavy atom. The third-order valence-electron chi connectivity index (χ3n) is 4.95. The molecule has 0 saturated carbocycles. The zero-order valence-electron chi connectivity index (χ0n) is 15.3. The van der Waals surface area contributed by atoms with Gasteiger partial charge >= 0.3 is 5.69 Å². The van der Waals surface area contributed by atoms with Gasteiger partial charge in [0.2, 0.25) is 0 Å². The number of hydrogen-bond acceptors (Lipinski definition) is 5. The van der Waals surface area contributed by atoms with Gasteiger partial charge in [0.1, 0.15) is 11.6 Å². The monoisotopic (exact) mass is 346 g/mol. The Balaban J connectivity index is 1.63. The van der Waals surface area contributed by atoms with Gasteiger partial charge in [0.15, 0.2) is 0 Å². The molecular weight excluding hydrogens is 320 g/mol. The van der Waals surface area contributed by atoms with Gasteiger partial charge in [0.25, 0.3) is 5.56 Å². The topological polar surface area (TPSA) is 86.7 Å². The smallest absolute Gasteiger partial charge is 0.314 e. The fourth-order valence-corrected chi connectivity index (χ4v) is 3.36. The van der Waals surface area contributed by atoms with Crippen LogP contribution in [-0.4, -0.2) is 30.4 Å². The van der Waals surface area contributed by atoms with Crippen molar-refractivity contribution in [1.82, 2.24) is 29.2 Å². The van der Waals surface area contributed by atoms with Crippen molar-refractivity contribution in [1.29, 1.82) is 0 Å². The average molecular weight is 346 g/mol. The van der Waals surface area contributed by atoms with Gasteiger partial charge in [-0.2, -0.15) is 0 Å². The summed E-state index contributed by atoms with van der Waals surface area (Å²) in [7, 11) is 3.19. The van der Waals surface area contributed by atoms with Crippen molar-refractivity contribution in [3.63, 3.8) is 0 Å².